The van der Waals surface area contributed by atoms with Gasteiger partial charge in [0.1, 0.15) is 16.5 Å². The topological polar surface area (TPSA) is 37.8 Å². The van der Waals surface area contributed by atoms with Crippen molar-refractivity contribution < 1.29 is 0 Å². The van der Waals surface area contributed by atoms with E-state index in [2.05, 4.69) is 32.2 Å². The van der Waals surface area contributed by atoms with Crippen LogP contribution in [-0.2, 0) is 0 Å². The van der Waals surface area contributed by atoms with E-state index < -0.39 is 0 Å². The molecule has 2 aromatic rings. The quantitative estimate of drug-likeness (QED) is 0.908. The van der Waals surface area contributed by atoms with Crippen molar-refractivity contribution in [1.29, 1.82) is 0 Å². The van der Waals surface area contributed by atoms with Crippen LogP contribution in [0, 0.1) is 6.92 Å². The Bertz CT molecular complexity index is 611. The van der Waals surface area contributed by atoms with E-state index in [0.29, 0.717) is 10.5 Å². The Kier molecular flexibility index (Phi) is 4.43. The van der Waals surface area contributed by atoms with Crippen LogP contribution in [0.1, 0.15) is 29.8 Å². The standard InChI is InChI=1S/C14H19N3S3/c1-4-15-12-10-7-8(2)20-14(10)17-13(16-12)11-9(3)18-5-6-19-11/h7,9,11H,4-6H2,1-3H3,(H,15,16,17). The van der Waals surface area contributed by atoms with E-state index in [4.69, 9.17) is 9.97 Å². The molecule has 0 radical (unpaired) electrons. The van der Waals surface area contributed by atoms with Crippen LogP contribution in [0.2, 0.25) is 0 Å². The molecule has 1 fully saturated rings. The third-order valence-corrected chi connectivity index (χ3v) is 7.35. The van der Waals surface area contributed by atoms with Gasteiger partial charge in [0, 0.05) is 28.2 Å². The summed E-state index contributed by atoms with van der Waals surface area (Å²) >= 11 is 5.79. The van der Waals surface area contributed by atoms with Gasteiger partial charge in [-0.25, -0.2) is 9.97 Å². The molecule has 0 amide bonds. The minimum Gasteiger partial charge on any atom is -0.370 e. The Balaban J connectivity index is 2.06. The van der Waals surface area contributed by atoms with Gasteiger partial charge in [0.2, 0.25) is 0 Å². The Labute approximate surface area is 132 Å². The number of anilines is 1. The van der Waals surface area contributed by atoms with Crippen molar-refractivity contribution in [2.75, 3.05) is 23.4 Å². The summed E-state index contributed by atoms with van der Waals surface area (Å²) in [5, 5.41) is 5.56. The largest absolute Gasteiger partial charge is 0.370 e. The van der Waals surface area contributed by atoms with E-state index in [1.807, 2.05) is 23.5 Å². The molecule has 1 saturated heterocycles. The zero-order valence-electron chi connectivity index (χ0n) is 12.0. The molecule has 1 N–H and O–H groups in total. The lowest BCUT2D eigenvalue weighted by molar-refractivity contribution is 0.834. The Hall–Kier alpha value is -0.460. The Morgan fingerprint density at radius 2 is 2.10 bits per heavy atom. The van der Waals surface area contributed by atoms with Gasteiger partial charge in [-0.3, -0.25) is 0 Å². The maximum Gasteiger partial charge on any atom is 0.146 e. The number of thiophene rings is 1. The maximum atomic E-state index is 4.85. The van der Waals surface area contributed by atoms with Crippen molar-refractivity contribution in [2.24, 2.45) is 0 Å². The van der Waals surface area contributed by atoms with Gasteiger partial charge < -0.3 is 5.32 Å². The molecule has 6 heteroatoms. The van der Waals surface area contributed by atoms with E-state index in [1.165, 1.54) is 21.8 Å². The second kappa shape index (κ2) is 6.12. The smallest absolute Gasteiger partial charge is 0.146 e. The fraction of sp³-hybridized carbons (Fsp3) is 0.571. The van der Waals surface area contributed by atoms with Crippen LogP contribution in [-0.4, -0.2) is 33.3 Å². The molecular formula is C14H19N3S3. The van der Waals surface area contributed by atoms with Crippen LogP contribution < -0.4 is 5.32 Å². The molecule has 1 aliphatic heterocycles. The van der Waals surface area contributed by atoms with Gasteiger partial charge in [-0.05, 0) is 19.9 Å². The molecule has 0 saturated carbocycles. The molecular weight excluding hydrogens is 306 g/mol. The summed E-state index contributed by atoms with van der Waals surface area (Å²) in [4.78, 5) is 12.1. The SMILES string of the molecule is CCNc1nc(C2SCCSC2C)nc2sc(C)cc12. The van der Waals surface area contributed by atoms with Crippen molar-refractivity contribution in [2.45, 2.75) is 31.3 Å². The predicted molar refractivity (Wildman–Crippen MR) is 93.4 cm³/mol. The summed E-state index contributed by atoms with van der Waals surface area (Å²) in [7, 11) is 0. The lowest BCUT2D eigenvalue weighted by Crippen LogP contribution is -2.18. The number of thioether (sulfide) groups is 2. The van der Waals surface area contributed by atoms with Gasteiger partial charge in [-0.1, -0.05) is 6.92 Å². The summed E-state index contributed by atoms with van der Waals surface area (Å²) in [5.41, 5.74) is 0. The minimum atomic E-state index is 0.415. The van der Waals surface area contributed by atoms with Crippen molar-refractivity contribution >= 4 is 50.9 Å². The number of hydrogen-bond acceptors (Lipinski definition) is 6. The predicted octanol–water partition coefficient (Wildman–Crippen LogP) is 4.34. The summed E-state index contributed by atoms with van der Waals surface area (Å²) in [6.07, 6.45) is 0. The second-order valence-corrected chi connectivity index (χ2v) is 8.87. The van der Waals surface area contributed by atoms with E-state index in [1.54, 1.807) is 11.3 Å². The van der Waals surface area contributed by atoms with Crippen molar-refractivity contribution in [3.8, 4) is 0 Å². The highest BCUT2D eigenvalue weighted by atomic mass is 32.2. The normalized spacial score (nSPS) is 23.1. The van der Waals surface area contributed by atoms with Gasteiger partial charge in [0.05, 0.1) is 10.6 Å². The fourth-order valence-corrected chi connectivity index (χ4v) is 5.98. The first kappa shape index (κ1) is 14.5. The van der Waals surface area contributed by atoms with E-state index >= 15 is 0 Å². The fourth-order valence-electron chi connectivity index (χ4n) is 2.40. The van der Waals surface area contributed by atoms with Crippen molar-refractivity contribution in [3.63, 3.8) is 0 Å². The van der Waals surface area contributed by atoms with E-state index in [-0.39, 0.29) is 0 Å². The first-order valence-electron chi connectivity index (χ1n) is 6.94. The highest BCUT2D eigenvalue weighted by Crippen LogP contribution is 2.42. The molecule has 2 aromatic heterocycles. The first-order valence-corrected chi connectivity index (χ1v) is 9.85. The number of fused-ring (bicyclic) bond motifs is 1. The zero-order chi connectivity index (χ0) is 14.1. The second-order valence-electron chi connectivity index (χ2n) is 4.90. The molecule has 0 spiro atoms. The highest BCUT2D eigenvalue weighted by molar-refractivity contribution is 8.06. The molecule has 3 heterocycles. The number of hydrogen-bond donors (Lipinski definition) is 1. The molecule has 20 heavy (non-hydrogen) atoms. The molecule has 0 aromatic carbocycles. The Morgan fingerprint density at radius 1 is 1.30 bits per heavy atom. The monoisotopic (exact) mass is 325 g/mol. The number of nitrogens with zero attached hydrogens (tertiary/aromatic N) is 2. The molecule has 1 aliphatic rings. The van der Waals surface area contributed by atoms with E-state index in [9.17, 15) is 0 Å². The summed E-state index contributed by atoms with van der Waals surface area (Å²) < 4.78 is 0. The number of aromatic nitrogens is 2. The van der Waals surface area contributed by atoms with Crippen molar-refractivity contribution in [1.82, 2.24) is 9.97 Å². The molecule has 0 aliphatic carbocycles. The van der Waals surface area contributed by atoms with Gasteiger partial charge in [-0.15, -0.1) is 23.1 Å². The molecule has 3 rings (SSSR count). The van der Waals surface area contributed by atoms with Gasteiger partial charge >= 0.3 is 0 Å². The van der Waals surface area contributed by atoms with Crippen LogP contribution in [0.15, 0.2) is 6.07 Å². The van der Waals surface area contributed by atoms with Crippen LogP contribution in [0.3, 0.4) is 0 Å². The first-order chi connectivity index (χ1) is 9.69. The van der Waals surface area contributed by atoms with Gasteiger partial charge in [0.25, 0.3) is 0 Å². The van der Waals surface area contributed by atoms with Crippen LogP contribution in [0.5, 0.6) is 0 Å². The molecule has 2 unspecified atom stereocenters. The highest BCUT2D eigenvalue weighted by Gasteiger charge is 2.27. The minimum absolute atomic E-state index is 0.415. The average Bonchev–Trinajstić information content (AvgIpc) is 2.80. The summed E-state index contributed by atoms with van der Waals surface area (Å²) in [5.74, 6) is 4.43. The van der Waals surface area contributed by atoms with Crippen LogP contribution >= 0.6 is 34.9 Å². The van der Waals surface area contributed by atoms with Gasteiger partial charge in [0.15, 0.2) is 0 Å². The van der Waals surface area contributed by atoms with Gasteiger partial charge in [-0.2, -0.15) is 11.8 Å². The molecule has 3 nitrogen and oxygen atoms in total. The lowest BCUT2D eigenvalue weighted by atomic mass is 10.2. The number of nitrogens with one attached hydrogen (secondary N) is 1. The number of rotatable bonds is 3. The third kappa shape index (κ3) is 2.78. The lowest BCUT2D eigenvalue weighted by Gasteiger charge is -2.26. The molecule has 108 valence electrons. The maximum absolute atomic E-state index is 4.85. The van der Waals surface area contributed by atoms with Crippen LogP contribution in [0.4, 0.5) is 5.82 Å². The van der Waals surface area contributed by atoms with E-state index in [0.717, 1.165) is 23.0 Å². The molecule has 2 atom stereocenters. The summed E-state index contributed by atoms with van der Waals surface area (Å²) in [6.45, 7) is 7.43. The number of aryl methyl sites for hydroxylation is 1. The average molecular weight is 326 g/mol. The molecule has 0 bridgehead atoms. The van der Waals surface area contributed by atoms with Crippen LogP contribution in [0.25, 0.3) is 10.2 Å². The Morgan fingerprint density at radius 3 is 2.85 bits per heavy atom. The summed E-state index contributed by atoms with van der Waals surface area (Å²) in [6, 6.07) is 2.19. The third-order valence-electron chi connectivity index (χ3n) is 3.32. The van der Waals surface area contributed by atoms with Crippen molar-refractivity contribution in [3.05, 3.63) is 16.8 Å². The zero-order valence-corrected chi connectivity index (χ0v) is 14.4.